The van der Waals surface area contributed by atoms with E-state index in [0.717, 1.165) is 16.3 Å². The van der Waals surface area contributed by atoms with Crippen molar-refractivity contribution in [3.8, 4) is 0 Å². The van der Waals surface area contributed by atoms with Gasteiger partial charge in [0, 0.05) is 28.7 Å². The number of anilines is 1. The molecule has 3 heteroatoms. The lowest BCUT2D eigenvalue weighted by atomic mass is 10.2. The quantitative estimate of drug-likeness (QED) is 0.662. The van der Waals surface area contributed by atoms with Gasteiger partial charge in [0.1, 0.15) is 0 Å². The number of rotatable bonds is 3. The molecule has 0 aliphatic heterocycles. The van der Waals surface area contributed by atoms with Crippen molar-refractivity contribution < 1.29 is 0 Å². The van der Waals surface area contributed by atoms with Crippen LogP contribution in [0, 0.1) is 13.8 Å². The van der Waals surface area contributed by atoms with E-state index in [9.17, 15) is 0 Å². The molecule has 0 aliphatic carbocycles. The first-order valence-corrected chi connectivity index (χ1v) is 6.53. The average molecular weight is 244 g/mol. The van der Waals surface area contributed by atoms with E-state index in [0.29, 0.717) is 0 Å². The van der Waals surface area contributed by atoms with E-state index in [1.54, 1.807) is 11.8 Å². The topological polar surface area (TPSA) is 38.9 Å². The van der Waals surface area contributed by atoms with E-state index < -0.39 is 0 Å². The van der Waals surface area contributed by atoms with Crippen LogP contribution in [0.2, 0.25) is 0 Å². The molecule has 2 rings (SSSR count). The zero-order valence-corrected chi connectivity index (χ0v) is 10.9. The number of nitrogens with zero attached hydrogens (tertiary/aromatic N) is 1. The molecule has 2 N–H and O–H groups in total. The SMILES string of the molecule is Cc1cncc(CSc2ccc(C)cc2N)c1. The molecule has 0 amide bonds. The highest BCUT2D eigenvalue weighted by Crippen LogP contribution is 2.28. The van der Waals surface area contributed by atoms with Crippen molar-refractivity contribution in [3.63, 3.8) is 0 Å². The fraction of sp³-hybridized carbons (Fsp3) is 0.214. The number of nitrogen functional groups attached to an aromatic ring is 1. The monoisotopic (exact) mass is 244 g/mol. The Labute approximate surface area is 106 Å². The number of nitrogens with two attached hydrogens (primary N) is 1. The number of aromatic nitrogens is 1. The normalized spacial score (nSPS) is 10.5. The van der Waals surface area contributed by atoms with Crippen LogP contribution in [0.5, 0.6) is 0 Å². The third-order valence-corrected chi connectivity index (χ3v) is 3.65. The second-order valence-corrected chi connectivity index (χ2v) is 5.22. The number of aryl methyl sites for hydroxylation is 2. The van der Waals surface area contributed by atoms with Gasteiger partial charge in [-0.2, -0.15) is 0 Å². The molecule has 2 aromatic rings. The lowest BCUT2D eigenvalue weighted by Gasteiger charge is -2.06. The summed E-state index contributed by atoms with van der Waals surface area (Å²) in [6, 6.07) is 8.34. The summed E-state index contributed by atoms with van der Waals surface area (Å²) in [6.45, 7) is 4.11. The molecule has 17 heavy (non-hydrogen) atoms. The number of thioether (sulfide) groups is 1. The van der Waals surface area contributed by atoms with Crippen molar-refractivity contribution in [2.45, 2.75) is 24.5 Å². The van der Waals surface area contributed by atoms with Crippen LogP contribution >= 0.6 is 11.8 Å². The third-order valence-electron chi connectivity index (χ3n) is 2.49. The summed E-state index contributed by atoms with van der Waals surface area (Å²) in [7, 11) is 0. The molecule has 2 nitrogen and oxygen atoms in total. The van der Waals surface area contributed by atoms with E-state index in [1.165, 1.54) is 16.7 Å². The minimum atomic E-state index is 0.857. The van der Waals surface area contributed by atoms with Gasteiger partial charge in [-0.3, -0.25) is 4.98 Å². The zero-order valence-electron chi connectivity index (χ0n) is 10.1. The first-order chi connectivity index (χ1) is 8.15. The Kier molecular flexibility index (Phi) is 3.69. The third kappa shape index (κ3) is 3.24. The number of benzene rings is 1. The predicted molar refractivity (Wildman–Crippen MR) is 74.1 cm³/mol. The van der Waals surface area contributed by atoms with Crippen LogP contribution in [-0.4, -0.2) is 4.98 Å². The molecule has 0 fully saturated rings. The highest BCUT2D eigenvalue weighted by atomic mass is 32.2. The largest absolute Gasteiger partial charge is 0.398 e. The fourth-order valence-electron chi connectivity index (χ4n) is 1.66. The first-order valence-electron chi connectivity index (χ1n) is 5.54. The van der Waals surface area contributed by atoms with Crippen molar-refractivity contribution in [2.24, 2.45) is 0 Å². The highest BCUT2D eigenvalue weighted by Gasteiger charge is 2.01. The first kappa shape index (κ1) is 12.0. The van der Waals surface area contributed by atoms with Crippen molar-refractivity contribution in [2.75, 3.05) is 5.73 Å². The Bertz CT molecular complexity index is 523. The van der Waals surface area contributed by atoms with Gasteiger partial charge in [0.05, 0.1) is 0 Å². The smallest absolute Gasteiger partial charge is 0.0454 e. The summed E-state index contributed by atoms with van der Waals surface area (Å²) in [5.74, 6) is 0.905. The molecule has 0 bridgehead atoms. The van der Waals surface area contributed by atoms with Crippen molar-refractivity contribution in [1.82, 2.24) is 4.98 Å². The summed E-state index contributed by atoms with van der Waals surface area (Å²) < 4.78 is 0. The maximum Gasteiger partial charge on any atom is 0.0454 e. The van der Waals surface area contributed by atoms with E-state index >= 15 is 0 Å². The van der Waals surface area contributed by atoms with E-state index in [4.69, 9.17) is 5.73 Å². The van der Waals surface area contributed by atoms with Gasteiger partial charge < -0.3 is 5.73 Å². The zero-order chi connectivity index (χ0) is 12.3. The minimum Gasteiger partial charge on any atom is -0.398 e. The molecule has 0 spiro atoms. The van der Waals surface area contributed by atoms with Gasteiger partial charge in [0.2, 0.25) is 0 Å². The summed E-state index contributed by atoms with van der Waals surface area (Å²) in [5, 5.41) is 0. The van der Waals surface area contributed by atoms with Crippen LogP contribution in [-0.2, 0) is 5.75 Å². The standard InChI is InChI=1S/C14H16N2S/c1-10-3-4-14(13(15)6-10)17-9-12-5-11(2)7-16-8-12/h3-8H,9,15H2,1-2H3. The van der Waals surface area contributed by atoms with Crippen LogP contribution in [0.25, 0.3) is 0 Å². The molecular weight excluding hydrogens is 228 g/mol. The van der Waals surface area contributed by atoms with E-state index in [-0.39, 0.29) is 0 Å². The van der Waals surface area contributed by atoms with Gasteiger partial charge in [-0.15, -0.1) is 11.8 Å². The minimum absolute atomic E-state index is 0.857. The molecule has 0 aliphatic rings. The Morgan fingerprint density at radius 3 is 2.65 bits per heavy atom. The van der Waals surface area contributed by atoms with Crippen LogP contribution in [0.1, 0.15) is 16.7 Å². The second-order valence-electron chi connectivity index (χ2n) is 4.20. The molecule has 1 aromatic heterocycles. The van der Waals surface area contributed by atoms with Gasteiger partial charge in [0.25, 0.3) is 0 Å². The molecule has 0 radical (unpaired) electrons. The maximum atomic E-state index is 5.98. The highest BCUT2D eigenvalue weighted by molar-refractivity contribution is 7.98. The lowest BCUT2D eigenvalue weighted by molar-refractivity contribution is 1.20. The number of pyridine rings is 1. The van der Waals surface area contributed by atoms with Crippen molar-refractivity contribution in [1.29, 1.82) is 0 Å². The Morgan fingerprint density at radius 1 is 1.12 bits per heavy atom. The number of hydrogen-bond donors (Lipinski definition) is 1. The average Bonchev–Trinajstić information content (AvgIpc) is 2.28. The summed E-state index contributed by atoms with van der Waals surface area (Å²) in [4.78, 5) is 5.32. The van der Waals surface area contributed by atoms with Gasteiger partial charge >= 0.3 is 0 Å². The Hall–Kier alpha value is -1.48. The summed E-state index contributed by atoms with van der Waals surface area (Å²) in [5.41, 5.74) is 10.5. The van der Waals surface area contributed by atoms with Gasteiger partial charge in [-0.05, 0) is 42.7 Å². The Morgan fingerprint density at radius 2 is 1.94 bits per heavy atom. The van der Waals surface area contributed by atoms with E-state index in [2.05, 4.69) is 37.0 Å². The molecule has 0 saturated carbocycles. The molecule has 0 saturated heterocycles. The Balaban J connectivity index is 2.07. The molecule has 0 atom stereocenters. The molecule has 0 unspecified atom stereocenters. The molecular formula is C14H16N2S. The fourth-order valence-corrected chi connectivity index (χ4v) is 2.53. The second kappa shape index (κ2) is 5.23. The van der Waals surface area contributed by atoms with Crippen LogP contribution in [0.15, 0.2) is 41.6 Å². The number of hydrogen-bond acceptors (Lipinski definition) is 3. The molecule has 1 aromatic carbocycles. The van der Waals surface area contributed by atoms with Crippen molar-refractivity contribution in [3.05, 3.63) is 53.3 Å². The van der Waals surface area contributed by atoms with Crippen LogP contribution in [0.3, 0.4) is 0 Å². The van der Waals surface area contributed by atoms with Gasteiger partial charge in [0.15, 0.2) is 0 Å². The van der Waals surface area contributed by atoms with E-state index in [1.807, 2.05) is 18.5 Å². The summed E-state index contributed by atoms with van der Waals surface area (Å²) >= 11 is 1.75. The van der Waals surface area contributed by atoms with Crippen LogP contribution in [0.4, 0.5) is 5.69 Å². The predicted octanol–water partition coefficient (Wildman–Crippen LogP) is 3.57. The van der Waals surface area contributed by atoms with Gasteiger partial charge in [-0.1, -0.05) is 12.1 Å². The van der Waals surface area contributed by atoms with Crippen LogP contribution < -0.4 is 5.73 Å². The van der Waals surface area contributed by atoms with Gasteiger partial charge in [-0.25, -0.2) is 0 Å². The summed E-state index contributed by atoms with van der Waals surface area (Å²) in [6.07, 6.45) is 3.78. The lowest BCUT2D eigenvalue weighted by Crippen LogP contribution is -1.90. The molecule has 88 valence electrons. The molecule has 1 heterocycles. The van der Waals surface area contributed by atoms with Crippen molar-refractivity contribution >= 4 is 17.4 Å². The maximum absolute atomic E-state index is 5.98.